The van der Waals surface area contributed by atoms with Gasteiger partial charge >= 0.3 is 5.97 Å². The SMILES string of the molecule is C=Cc1c2[n-]c(c1C)/C=C1\[N-]/C(=C3/CC(=O)c4c3[n-]c(c4C)/C=c3\[n-]/c(c(C)c3CC)=C\2)C(CCC(=O)OC)C1C.[Ni]. The molecule has 1 fully saturated rings. The minimum atomic E-state index is -0.257. The van der Waals surface area contributed by atoms with Crippen LogP contribution in [0.25, 0.3) is 35.2 Å². The van der Waals surface area contributed by atoms with Crippen LogP contribution in [0.5, 0.6) is 0 Å². The standard InChI is InChI=1S/C34H35N4O3.Ni/c1-8-20-16(3)24-13-26-18(5)22(10-11-31(40)41-7)33(37-26)23-12-30(39)32-19(6)27(38-34(23)32)15-29-21(9-2)17(4)25(36-29)14-28(20)35-24;/h8,13-15,18,22H,1,9-12H2,2-7H3,(H-,37,38,39);/q-3;/p-1/b25-14-,26-13-,29-15-;. The summed E-state index contributed by atoms with van der Waals surface area (Å²) in [5.74, 6) is -0.233. The molecular formula is C34H34N4NiO3-4. The van der Waals surface area contributed by atoms with Gasteiger partial charge in [-0.15, -0.1) is 33.5 Å². The van der Waals surface area contributed by atoms with Crippen molar-refractivity contribution in [3.8, 4) is 0 Å². The third-order valence-corrected chi connectivity index (χ3v) is 9.08. The molecule has 6 rings (SSSR count). The van der Waals surface area contributed by atoms with Crippen molar-refractivity contribution in [2.24, 2.45) is 11.8 Å². The third-order valence-electron chi connectivity index (χ3n) is 9.08. The molecule has 0 aromatic carbocycles. The summed E-state index contributed by atoms with van der Waals surface area (Å²) in [6, 6.07) is 0. The molecule has 0 N–H and O–H groups in total. The predicted octanol–water partition coefficient (Wildman–Crippen LogP) is 4.59. The van der Waals surface area contributed by atoms with E-state index in [-0.39, 0.29) is 52.9 Å². The number of esters is 1. The van der Waals surface area contributed by atoms with E-state index in [1.807, 2.05) is 31.2 Å². The first-order valence-electron chi connectivity index (χ1n) is 14.3. The number of fused-ring (bicyclic) bond motifs is 7. The second-order valence-electron chi connectivity index (χ2n) is 11.3. The number of ketones is 1. The summed E-state index contributed by atoms with van der Waals surface area (Å²) in [5, 5.41) is 6.89. The van der Waals surface area contributed by atoms with Crippen molar-refractivity contribution in [1.82, 2.24) is 15.0 Å². The number of allylic oxidation sites excluding steroid dienone is 3. The number of carbonyl (C=O) groups is 2. The van der Waals surface area contributed by atoms with E-state index >= 15 is 0 Å². The quantitative estimate of drug-likeness (QED) is 0.312. The predicted molar refractivity (Wildman–Crippen MR) is 160 cm³/mol. The smallest absolute Gasteiger partial charge is 0.305 e. The van der Waals surface area contributed by atoms with Gasteiger partial charge in [-0.25, -0.2) is 0 Å². The Morgan fingerprint density at radius 3 is 2.43 bits per heavy atom. The first-order chi connectivity index (χ1) is 19.7. The molecule has 2 unspecified atom stereocenters. The van der Waals surface area contributed by atoms with Crippen molar-refractivity contribution in [2.75, 3.05) is 7.11 Å². The van der Waals surface area contributed by atoms with Gasteiger partial charge in [-0.05, 0) is 51.0 Å². The summed E-state index contributed by atoms with van der Waals surface area (Å²) < 4.78 is 4.95. The largest absolute Gasteiger partial charge is 0.664 e. The van der Waals surface area contributed by atoms with Crippen LogP contribution in [-0.4, -0.2) is 18.9 Å². The summed E-state index contributed by atoms with van der Waals surface area (Å²) >= 11 is 0. The van der Waals surface area contributed by atoms with Crippen LogP contribution in [0.1, 0.15) is 94.1 Å². The first-order valence-corrected chi connectivity index (χ1v) is 14.3. The molecular weight excluding hydrogens is 571 g/mol. The zero-order chi connectivity index (χ0) is 29.2. The summed E-state index contributed by atoms with van der Waals surface area (Å²) in [5.41, 5.74) is 11.5. The number of aromatic nitrogens is 3. The van der Waals surface area contributed by atoms with Crippen molar-refractivity contribution in [1.29, 1.82) is 0 Å². The summed E-state index contributed by atoms with van der Waals surface area (Å²) in [6.45, 7) is 14.4. The van der Waals surface area contributed by atoms with Gasteiger partial charge < -0.3 is 25.0 Å². The number of hydrogen-bond donors (Lipinski definition) is 0. The Labute approximate surface area is 256 Å². The van der Waals surface area contributed by atoms with Crippen LogP contribution >= 0.6 is 0 Å². The Bertz CT molecular complexity index is 1830. The van der Waals surface area contributed by atoms with E-state index < -0.39 is 0 Å². The minimum absolute atomic E-state index is 0. The van der Waals surface area contributed by atoms with E-state index in [2.05, 4.69) is 34.3 Å². The zero-order valence-electron chi connectivity index (χ0n) is 24.8. The number of Topliss-reactive ketones (excluding diaryl/α,β-unsaturated/α-hetero) is 1. The Morgan fingerprint density at radius 2 is 1.74 bits per heavy atom. The van der Waals surface area contributed by atoms with Crippen LogP contribution in [0, 0.1) is 32.6 Å². The molecule has 3 aromatic rings. The second-order valence-corrected chi connectivity index (χ2v) is 11.3. The maximum absolute atomic E-state index is 13.4. The summed E-state index contributed by atoms with van der Waals surface area (Å²) in [7, 11) is 1.41. The number of nitrogens with zero attached hydrogens (tertiary/aromatic N) is 4. The van der Waals surface area contributed by atoms with E-state index in [0.29, 0.717) is 17.7 Å². The van der Waals surface area contributed by atoms with Gasteiger partial charge in [-0.1, -0.05) is 72.6 Å². The van der Waals surface area contributed by atoms with E-state index in [4.69, 9.17) is 25.0 Å². The van der Waals surface area contributed by atoms with Gasteiger partial charge in [0.2, 0.25) is 0 Å². The molecule has 3 aromatic heterocycles. The topological polar surface area (TPSA) is 99.8 Å². The molecule has 1 aliphatic carbocycles. The van der Waals surface area contributed by atoms with Gasteiger partial charge in [-0.2, -0.15) is 11.4 Å². The van der Waals surface area contributed by atoms with Crippen LogP contribution in [0.3, 0.4) is 0 Å². The molecule has 8 heteroatoms. The Hall–Kier alpha value is -3.77. The minimum Gasteiger partial charge on any atom is -0.664 e. The molecule has 2 atom stereocenters. The monoisotopic (exact) mass is 604 g/mol. The van der Waals surface area contributed by atoms with E-state index in [0.717, 1.165) is 79.0 Å². The zero-order valence-corrected chi connectivity index (χ0v) is 25.8. The fourth-order valence-corrected chi connectivity index (χ4v) is 6.64. The maximum atomic E-state index is 13.4. The molecule has 2 aliphatic heterocycles. The van der Waals surface area contributed by atoms with Gasteiger partial charge in [0.1, 0.15) is 0 Å². The molecule has 3 aliphatic rings. The molecule has 7 nitrogen and oxygen atoms in total. The molecule has 0 amide bonds. The number of methoxy groups -OCH3 is 1. The number of hydrogen-bond acceptors (Lipinski definition) is 3. The van der Waals surface area contributed by atoms with Crippen LogP contribution < -0.4 is 25.7 Å². The van der Waals surface area contributed by atoms with Crippen LogP contribution in [0.15, 0.2) is 18.0 Å². The van der Waals surface area contributed by atoms with Crippen molar-refractivity contribution >= 4 is 41.6 Å². The Kier molecular flexibility index (Phi) is 7.88. The van der Waals surface area contributed by atoms with Crippen molar-refractivity contribution in [3.63, 3.8) is 0 Å². The van der Waals surface area contributed by atoms with Crippen molar-refractivity contribution in [2.45, 2.75) is 60.3 Å². The van der Waals surface area contributed by atoms with E-state index in [9.17, 15) is 9.59 Å². The number of carbonyl (C=O) groups excluding carboxylic acids is 2. The van der Waals surface area contributed by atoms with Crippen LogP contribution in [-0.2, 0) is 32.4 Å². The first kappa shape index (κ1) is 29.7. The summed E-state index contributed by atoms with van der Waals surface area (Å²) in [4.78, 5) is 40.6. The fourth-order valence-electron chi connectivity index (χ4n) is 6.64. The van der Waals surface area contributed by atoms with Gasteiger partial charge in [0.05, 0.1) is 7.11 Å². The molecule has 0 saturated carbocycles. The normalized spacial score (nSPS) is 23.2. The average Bonchev–Trinajstić information content (AvgIpc) is 3.70. The fraction of sp³-hybridized carbons (Fsp3) is 0.353. The Morgan fingerprint density at radius 1 is 1.02 bits per heavy atom. The average molecular weight is 605 g/mol. The molecule has 222 valence electrons. The van der Waals surface area contributed by atoms with Gasteiger partial charge in [0.25, 0.3) is 0 Å². The van der Waals surface area contributed by atoms with E-state index in [1.165, 1.54) is 7.11 Å². The van der Waals surface area contributed by atoms with E-state index in [1.54, 1.807) is 0 Å². The third kappa shape index (κ3) is 4.57. The van der Waals surface area contributed by atoms with Gasteiger partial charge in [0.15, 0.2) is 5.78 Å². The second kappa shape index (κ2) is 11.1. The van der Waals surface area contributed by atoms with Crippen LogP contribution in [0.2, 0.25) is 0 Å². The van der Waals surface area contributed by atoms with Gasteiger partial charge in [0, 0.05) is 34.9 Å². The molecule has 1 saturated heterocycles. The number of ether oxygens (including phenoxy) is 1. The van der Waals surface area contributed by atoms with Gasteiger partial charge in [-0.3, -0.25) is 9.59 Å². The van der Waals surface area contributed by atoms with Crippen LogP contribution in [0.4, 0.5) is 0 Å². The molecule has 0 spiro atoms. The molecule has 0 radical (unpaired) electrons. The number of rotatable bonds is 5. The van der Waals surface area contributed by atoms with Crippen molar-refractivity contribution in [3.05, 3.63) is 90.1 Å². The Balaban J connectivity index is 0.00000353. The summed E-state index contributed by atoms with van der Waals surface area (Å²) in [6.07, 6.45) is 9.87. The molecule has 5 heterocycles. The maximum Gasteiger partial charge on any atom is 0.305 e. The van der Waals surface area contributed by atoms with Crippen molar-refractivity contribution < 1.29 is 30.8 Å². The molecule has 8 bridgehead atoms. The molecule has 42 heavy (non-hydrogen) atoms.